The van der Waals surface area contributed by atoms with E-state index in [4.69, 9.17) is 5.26 Å². The number of carbonyl (C=O) groups excluding carboxylic acids is 1. The van der Waals surface area contributed by atoms with Crippen molar-refractivity contribution in [1.82, 2.24) is 0 Å². The van der Waals surface area contributed by atoms with Crippen LogP contribution in [0.3, 0.4) is 0 Å². The number of nitrogens with zero attached hydrogens (tertiary/aromatic N) is 1. The summed E-state index contributed by atoms with van der Waals surface area (Å²) in [6, 6.07) is 16.9. The highest BCUT2D eigenvalue weighted by Gasteiger charge is 2.00. The Morgan fingerprint density at radius 3 is 2.65 bits per heavy atom. The second-order valence-electron chi connectivity index (χ2n) is 4.34. The lowest BCUT2D eigenvalue weighted by Crippen LogP contribution is -1.97. The van der Waals surface area contributed by atoms with Crippen LogP contribution in [0, 0.1) is 11.3 Å². The van der Waals surface area contributed by atoms with Crippen LogP contribution in [0.15, 0.2) is 59.1 Å². The van der Waals surface area contributed by atoms with Crippen molar-refractivity contribution in [3.63, 3.8) is 0 Å². The molecule has 3 heteroatoms. The monoisotopic (exact) mass is 325 g/mol. The van der Waals surface area contributed by atoms with Crippen molar-refractivity contribution in [2.75, 3.05) is 0 Å². The minimum absolute atomic E-state index is 0.0367. The fourth-order valence-corrected chi connectivity index (χ4v) is 2.03. The molecule has 0 bridgehead atoms. The lowest BCUT2D eigenvalue weighted by Gasteiger charge is -1.98. The summed E-state index contributed by atoms with van der Waals surface area (Å²) in [5.41, 5.74) is 2.43. The molecular weight excluding hydrogens is 314 g/mol. The Hall–Kier alpha value is -2.18. The highest BCUT2D eigenvalue weighted by Crippen LogP contribution is 2.12. The van der Waals surface area contributed by atoms with Gasteiger partial charge in [-0.1, -0.05) is 46.3 Å². The Kier molecular flexibility index (Phi) is 4.86. The van der Waals surface area contributed by atoms with Crippen molar-refractivity contribution in [2.24, 2.45) is 0 Å². The number of rotatable bonds is 4. The van der Waals surface area contributed by atoms with Crippen LogP contribution in [-0.4, -0.2) is 5.78 Å². The number of nitriles is 1. The molecule has 0 unspecified atom stereocenters. The van der Waals surface area contributed by atoms with Crippen LogP contribution in [0.25, 0.3) is 6.08 Å². The fraction of sp³-hybridized carbons (Fsp3) is 0.0588. The van der Waals surface area contributed by atoms with Crippen molar-refractivity contribution in [2.45, 2.75) is 6.42 Å². The molecular formula is C17H12BrNO. The molecule has 0 fully saturated rings. The van der Waals surface area contributed by atoms with Crippen molar-refractivity contribution in [3.8, 4) is 6.07 Å². The predicted octanol–water partition coefficient (Wildman–Crippen LogP) is 4.15. The first-order valence-corrected chi connectivity index (χ1v) is 6.92. The molecule has 0 atom stereocenters. The zero-order valence-electron chi connectivity index (χ0n) is 10.7. The lowest BCUT2D eigenvalue weighted by molar-refractivity contribution is -0.113. The quantitative estimate of drug-likeness (QED) is 0.792. The third-order valence-corrected chi connectivity index (χ3v) is 3.30. The van der Waals surface area contributed by atoms with E-state index < -0.39 is 0 Å². The molecule has 0 amide bonds. The van der Waals surface area contributed by atoms with Gasteiger partial charge in [-0.05, 0) is 41.5 Å². The predicted molar refractivity (Wildman–Crippen MR) is 83.0 cm³/mol. The minimum Gasteiger partial charge on any atom is -0.294 e. The zero-order valence-corrected chi connectivity index (χ0v) is 12.3. The molecule has 0 saturated heterocycles. The molecule has 2 aromatic rings. The smallest absolute Gasteiger partial charge is 0.160 e. The van der Waals surface area contributed by atoms with Crippen LogP contribution in [0.5, 0.6) is 0 Å². The largest absolute Gasteiger partial charge is 0.294 e. The maximum Gasteiger partial charge on any atom is 0.160 e. The van der Waals surface area contributed by atoms with Gasteiger partial charge in [-0.15, -0.1) is 0 Å². The van der Waals surface area contributed by atoms with Crippen LogP contribution >= 0.6 is 15.9 Å². The minimum atomic E-state index is 0.0367. The van der Waals surface area contributed by atoms with Gasteiger partial charge in [-0.25, -0.2) is 0 Å². The summed E-state index contributed by atoms with van der Waals surface area (Å²) in [4.78, 5) is 11.9. The van der Waals surface area contributed by atoms with Gasteiger partial charge >= 0.3 is 0 Å². The van der Waals surface area contributed by atoms with Crippen LogP contribution in [-0.2, 0) is 11.2 Å². The molecule has 0 spiro atoms. The number of allylic oxidation sites excluding steroid dienone is 1. The summed E-state index contributed by atoms with van der Waals surface area (Å²) in [5, 5.41) is 8.81. The summed E-state index contributed by atoms with van der Waals surface area (Å²) in [6.07, 6.45) is 3.67. The summed E-state index contributed by atoms with van der Waals surface area (Å²) in [6.45, 7) is 0. The number of benzene rings is 2. The summed E-state index contributed by atoms with van der Waals surface area (Å²) in [5.74, 6) is 0.0367. The third kappa shape index (κ3) is 4.18. The van der Waals surface area contributed by atoms with E-state index in [1.54, 1.807) is 30.4 Å². The Balaban J connectivity index is 2.02. The van der Waals surface area contributed by atoms with Gasteiger partial charge in [0.05, 0.1) is 11.6 Å². The second kappa shape index (κ2) is 6.83. The van der Waals surface area contributed by atoms with Crippen LogP contribution in [0.4, 0.5) is 0 Å². The highest BCUT2D eigenvalue weighted by atomic mass is 79.9. The van der Waals surface area contributed by atoms with Crippen molar-refractivity contribution in [1.29, 1.82) is 5.26 Å². The average Bonchev–Trinajstić information content (AvgIpc) is 2.48. The third-order valence-electron chi connectivity index (χ3n) is 2.77. The normalized spacial score (nSPS) is 10.4. The van der Waals surface area contributed by atoms with Gasteiger partial charge in [0.15, 0.2) is 5.78 Å². The van der Waals surface area contributed by atoms with Crippen molar-refractivity contribution >= 4 is 27.8 Å². The first-order chi connectivity index (χ1) is 9.67. The molecule has 0 N–H and O–H groups in total. The van der Waals surface area contributed by atoms with Crippen LogP contribution in [0.1, 0.15) is 16.7 Å². The van der Waals surface area contributed by atoms with Crippen molar-refractivity contribution in [3.05, 3.63) is 75.8 Å². The van der Waals surface area contributed by atoms with E-state index in [-0.39, 0.29) is 5.78 Å². The van der Waals surface area contributed by atoms with Gasteiger partial charge in [0.1, 0.15) is 0 Å². The zero-order chi connectivity index (χ0) is 14.4. The Bertz CT molecular complexity index is 681. The average molecular weight is 326 g/mol. The maximum atomic E-state index is 11.9. The van der Waals surface area contributed by atoms with Crippen LogP contribution < -0.4 is 0 Å². The SMILES string of the molecule is N#Cc1cccc(/C=C/C(=O)Cc2ccc(Br)cc2)c1. The summed E-state index contributed by atoms with van der Waals surface area (Å²) in [7, 11) is 0. The molecule has 98 valence electrons. The Morgan fingerprint density at radius 2 is 1.95 bits per heavy atom. The lowest BCUT2D eigenvalue weighted by atomic mass is 10.1. The van der Waals surface area contributed by atoms with Gasteiger partial charge in [0.25, 0.3) is 0 Å². The number of ketones is 1. The summed E-state index contributed by atoms with van der Waals surface area (Å²) < 4.78 is 0.998. The van der Waals surface area contributed by atoms with E-state index in [9.17, 15) is 4.79 Å². The standard InChI is InChI=1S/C17H12BrNO/c18-16-7-4-14(5-8-16)11-17(20)9-6-13-2-1-3-15(10-13)12-19/h1-10H,11H2/b9-6+. The molecule has 0 heterocycles. The molecule has 0 aromatic heterocycles. The van der Waals surface area contributed by atoms with E-state index in [0.29, 0.717) is 12.0 Å². The topological polar surface area (TPSA) is 40.9 Å². The molecule has 20 heavy (non-hydrogen) atoms. The van der Waals surface area contributed by atoms with E-state index in [0.717, 1.165) is 15.6 Å². The van der Waals surface area contributed by atoms with Gasteiger partial charge in [0, 0.05) is 10.9 Å². The van der Waals surface area contributed by atoms with Gasteiger partial charge < -0.3 is 0 Å². The van der Waals surface area contributed by atoms with E-state index in [2.05, 4.69) is 22.0 Å². The Morgan fingerprint density at radius 1 is 1.20 bits per heavy atom. The molecule has 0 saturated carbocycles. The number of halogens is 1. The number of hydrogen-bond donors (Lipinski definition) is 0. The first-order valence-electron chi connectivity index (χ1n) is 6.13. The molecule has 0 aliphatic heterocycles. The second-order valence-corrected chi connectivity index (χ2v) is 5.26. The molecule has 2 aromatic carbocycles. The Labute approximate surface area is 126 Å². The molecule has 0 aliphatic rings. The molecule has 2 nitrogen and oxygen atoms in total. The van der Waals surface area contributed by atoms with Crippen LogP contribution in [0.2, 0.25) is 0 Å². The van der Waals surface area contributed by atoms with Gasteiger partial charge in [-0.2, -0.15) is 5.26 Å². The van der Waals surface area contributed by atoms with E-state index in [1.165, 1.54) is 0 Å². The number of carbonyl (C=O) groups is 1. The molecule has 0 aliphatic carbocycles. The van der Waals surface area contributed by atoms with Gasteiger partial charge in [0.2, 0.25) is 0 Å². The van der Waals surface area contributed by atoms with E-state index in [1.807, 2.05) is 30.3 Å². The van der Waals surface area contributed by atoms with E-state index >= 15 is 0 Å². The first kappa shape index (κ1) is 14.2. The number of hydrogen-bond acceptors (Lipinski definition) is 2. The summed E-state index contributed by atoms with van der Waals surface area (Å²) >= 11 is 3.36. The maximum absolute atomic E-state index is 11.9. The fourth-order valence-electron chi connectivity index (χ4n) is 1.76. The molecule has 0 radical (unpaired) electrons. The van der Waals surface area contributed by atoms with Gasteiger partial charge in [-0.3, -0.25) is 4.79 Å². The highest BCUT2D eigenvalue weighted by molar-refractivity contribution is 9.10. The van der Waals surface area contributed by atoms with Crippen molar-refractivity contribution < 1.29 is 4.79 Å². The molecule has 2 rings (SSSR count).